The van der Waals surface area contributed by atoms with Gasteiger partial charge in [-0.1, -0.05) is 25.1 Å². The van der Waals surface area contributed by atoms with E-state index in [1.165, 1.54) is 15.6 Å². The van der Waals surface area contributed by atoms with E-state index in [1.54, 1.807) is 0 Å². The molecular formula is C17H17BrN2S. The molecule has 0 spiro atoms. The van der Waals surface area contributed by atoms with E-state index < -0.39 is 0 Å². The topological polar surface area (TPSA) is 24.9 Å². The summed E-state index contributed by atoms with van der Waals surface area (Å²) in [5.74, 6) is 0. The first-order valence-corrected chi connectivity index (χ1v) is 8.75. The molecule has 0 aliphatic rings. The van der Waals surface area contributed by atoms with Crippen molar-refractivity contribution in [2.75, 3.05) is 6.54 Å². The van der Waals surface area contributed by atoms with E-state index in [1.807, 2.05) is 17.5 Å². The van der Waals surface area contributed by atoms with Crippen LogP contribution in [0.2, 0.25) is 0 Å². The number of aromatic nitrogens is 1. The number of likely N-dealkylation sites (N-methyl/N-ethyl adjacent to an activating group) is 1. The van der Waals surface area contributed by atoms with Crippen molar-refractivity contribution in [2.45, 2.75) is 19.4 Å². The third-order valence-corrected chi connectivity index (χ3v) is 4.99. The number of rotatable bonds is 5. The van der Waals surface area contributed by atoms with Gasteiger partial charge in [-0.15, -0.1) is 11.3 Å². The van der Waals surface area contributed by atoms with Gasteiger partial charge in [0.1, 0.15) is 0 Å². The number of nitrogens with zero attached hydrogens (tertiary/aromatic N) is 1. The minimum Gasteiger partial charge on any atom is -0.310 e. The van der Waals surface area contributed by atoms with Crippen molar-refractivity contribution in [3.63, 3.8) is 0 Å². The van der Waals surface area contributed by atoms with Gasteiger partial charge in [0.25, 0.3) is 0 Å². The summed E-state index contributed by atoms with van der Waals surface area (Å²) in [6.07, 6.45) is 2.77. The molecule has 0 bridgehead atoms. The maximum Gasteiger partial charge on any atom is 0.0423 e. The van der Waals surface area contributed by atoms with Gasteiger partial charge in [0.05, 0.1) is 0 Å². The SMILES string of the molecule is CCNC(Cc1ccc(Br)cn1)c1csc2ccccc12. The summed E-state index contributed by atoms with van der Waals surface area (Å²) in [7, 11) is 0. The molecule has 21 heavy (non-hydrogen) atoms. The lowest BCUT2D eigenvalue weighted by Gasteiger charge is -2.17. The standard InChI is InChI=1S/C17H17BrN2S/c1-2-19-16(9-13-8-7-12(18)10-20-13)15-11-21-17-6-4-3-5-14(15)17/h3-8,10-11,16,19H,2,9H2,1H3. The molecule has 0 aliphatic carbocycles. The highest BCUT2D eigenvalue weighted by atomic mass is 79.9. The van der Waals surface area contributed by atoms with E-state index in [0.29, 0.717) is 6.04 Å². The number of hydrogen-bond acceptors (Lipinski definition) is 3. The second kappa shape index (κ2) is 6.69. The van der Waals surface area contributed by atoms with E-state index in [2.05, 4.69) is 74.9 Å². The Bertz CT molecular complexity index is 721. The number of hydrogen-bond donors (Lipinski definition) is 1. The first kappa shape index (κ1) is 14.7. The fourth-order valence-corrected chi connectivity index (χ4v) is 3.79. The summed E-state index contributed by atoms with van der Waals surface area (Å²) < 4.78 is 2.37. The molecule has 2 aromatic heterocycles. The van der Waals surface area contributed by atoms with Crippen LogP contribution in [0.4, 0.5) is 0 Å². The fourth-order valence-electron chi connectivity index (χ4n) is 2.54. The van der Waals surface area contributed by atoms with Crippen LogP contribution in [0.3, 0.4) is 0 Å². The highest BCUT2D eigenvalue weighted by Gasteiger charge is 2.16. The zero-order chi connectivity index (χ0) is 14.7. The second-order valence-electron chi connectivity index (χ2n) is 4.97. The van der Waals surface area contributed by atoms with Crippen LogP contribution in [0, 0.1) is 0 Å². The maximum atomic E-state index is 4.51. The van der Waals surface area contributed by atoms with Crippen LogP contribution in [0.5, 0.6) is 0 Å². The monoisotopic (exact) mass is 360 g/mol. The number of benzene rings is 1. The molecule has 0 radical (unpaired) electrons. The van der Waals surface area contributed by atoms with E-state index in [4.69, 9.17) is 0 Å². The average molecular weight is 361 g/mol. The third kappa shape index (κ3) is 3.34. The zero-order valence-electron chi connectivity index (χ0n) is 11.8. The lowest BCUT2D eigenvalue weighted by Crippen LogP contribution is -2.23. The molecule has 2 heterocycles. The maximum absolute atomic E-state index is 4.51. The van der Waals surface area contributed by atoms with Crippen molar-refractivity contribution in [2.24, 2.45) is 0 Å². The van der Waals surface area contributed by atoms with Gasteiger partial charge in [0, 0.05) is 33.5 Å². The summed E-state index contributed by atoms with van der Waals surface area (Å²) in [6.45, 7) is 3.10. The van der Waals surface area contributed by atoms with Crippen molar-refractivity contribution in [1.29, 1.82) is 0 Å². The summed E-state index contributed by atoms with van der Waals surface area (Å²) in [6, 6.07) is 13.0. The van der Waals surface area contributed by atoms with Crippen LogP contribution >= 0.6 is 27.3 Å². The molecule has 0 saturated carbocycles. The van der Waals surface area contributed by atoms with Gasteiger partial charge >= 0.3 is 0 Å². The fraction of sp³-hybridized carbons (Fsp3) is 0.235. The van der Waals surface area contributed by atoms with Crippen molar-refractivity contribution in [3.05, 3.63) is 63.7 Å². The van der Waals surface area contributed by atoms with Crippen LogP contribution in [0.25, 0.3) is 10.1 Å². The Kier molecular flexibility index (Phi) is 4.68. The van der Waals surface area contributed by atoms with Crippen LogP contribution in [-0.2, 0) is 6.42 Å². The van der Waals surface area contributed by atoms with Crippen molar-refractivity contribution in [3.8, 4) is 0 Å². The second-order valence-corrected chi connectivity index (χ2v) is 6.80. The Labute approximate surface area is 137 Å². The molecule has 4 heteroatoms. The Morgan fingerprint density at radius 2 is 2.10 bits per heavy atom. The highest BCUT2D eigenvalue weighted by molar-refractivity contribution is 9.10. The van der Waals surface area contributed by atoms with Gasteiger partial charge in [0.2, 0.25) is 0 Å². The summed E-state index contributed by atoms with van der Waals surface area (Å²) in [4.78, 5) is 4.51. The minimum atomic E-state index is 0.305. The lowest BCUT2D eigenvalue weighted by molar-refractivity contribution is 0.548. The molecule has 0 amide bonds. The molecule has 1 atom stereocenters. The van der Waals surface area contributed by atoms with Crippen LogP contribution in [0.15, 0.2) is 52.4 Å². The summed E-state index contributed by atoms with van der Waals surface area (Å²) in [5, 5.41) is 7.22. The normalized spacial score (nSPS) is 12.7. The molecule has 2 nitrogen and oxygen atoms in total. The van der Waals surface area contributed by atoms with Crippen LogP contribution in [0.1, 0.15) is 24.2 Å². The molecule has 1 aromatic carbocycles. The van der Waals surface area contributed by atoms with Crippen molar-refractivity contribution >= 4 is 37.4 Å². The quantitative estimate of drug-likeness (QED) is 0.695. The molecule has 1 N–H and O–H groups in total. The van der Waals surface area contributed by atoms with Crippen LogP contribution in [-0.4, -0.2) is 11.5 Å². The van der Waals surface area contributed by atoms with Gasteiger partial charge in [-0.05, 0) is 57.0 Å². The van der Waals surface area contributed by atoms with Gasteiger partial charge in [0.15, 0.2) is 0 Å². The predicted octanol–water partition coefficient (Wildman–Crippen LogP) is 4.95. The van der Waals surface area contributed by atoms with Gasteiger partial charge < -0.3 is 5.32 Å². The Balaban J connectivity index is 1.92. The van der Waals surface area contributed by atoms with Crippen molar-refractivity contribution < 1.29 is 0 Å². The number of halogens is 1. The largest absolute Gasteiger partial charge is 0.310 e. The third-order valence-electron chi connectivity index (χ3n) is 3.54. The van der Waals surface area contributed by atoms with E-state index in [9.17, 15) is 0 Å². The molecule has 3 aromatic rings. The number of nitrogens with one attached hydrogen (secondary N) is 1. The summed E-state index contributed by atoms with van der Waals surface area (Å²) >= 11 is 5.25. The summed E-state index contributed by atoms with van der Waals surface area (Å²) in [5.41, 5.74) is 2.49. The smallest absolute Gasteiger partial charge is 0.0423 e. The number of fused-ring (bicyclic) bond motifs is 1. The van der Waals surface area contributed by atoms with Crippen LogP contribution < -0.4 is 5.32 Å². The van der Waals surface area contributed by atoms with Gasteiger partial charge in [-0.3, -0.25) is 4.98 Å². The highest BCUT2D eigenvalue weighted by Crippen LogP contribution is 2.31. The first-order valence-electron chi connectivity index (χ1n) is 7.08. The van der Waals surface area contributed by atoms with E-state index in [-0.39, 0.29) is 0 Å². The molecule has 1 unspecified atom stereocenters. The molecule has 108 valence electrons. The van der Waals surface area contributed by atoms with Gasteiger partial charge in [-0.25, -0.2) is 0 Å². The molecule has 0 aliphatic heterocycles. The zero-order valence-corrected chi connectivity index (χ0v) is 14.2. The lowest BCUT2D eigenvalue weighted by atomic mass is 10.0. The predicted molar refractivity (Wildman–Crippen MR) is 93.9 cm³/mol. The van der Waals surface area contributed by atoms with Crippen molar-refractivity contribution in [1.82, 2.24) is 10.3 Å². The number of pyridine rings is 1. The first-order chi connectivity index (χ1) is 10.3. The molecule has 3 rings (SSSR count). The molecular weight excluding hydrogens is 344 g/mol. The van der Waals surface area contributed by atoms with Gasteiger partial charge in [-0.2, -0.15) is 0 Å². The van der Waals surface area contributed by atoms with E-state index >= 15 is 0 Å². The Hall–Kier alpha value is -1.23. The van der Waals surface area contributed by atoms with E-state index in [0.717, 1.165) is 23.1 Å². The number of thiophene rings is 1. The Morgan fingerprint density at radius 1 is 1.24 bits per heavy atom. The molecule has 0 saturated heterocycles. The average Bonchev–Trinajstić information content (AvgIpc) is 2.93. The Morgan fingerprint density at radius 3 is 2.86 bits per heavy atom. The minimum absolute atomic E-state index is 0.305. The molecule has 0 fully saturated rings.